The van der Waals surface area contributed by atoms with Crippen LogP contribution in [0.15, 0.2) is 53.6 Å². The summed E-state index contributed by atoms with van der Waals surface area (Å²) in [6.45, 7) is 1.38. The number of ether oxygens (including phenoxy) is 1. The van der Waals surface area contributed by atoms with E-state index in [1.54, 1.807) is 43.3 Å². The summed E-state index contributed by atoms with van der Waals surface area (Å²) in [7, 11) is 0. The van der Waals surface area contributed by atoms with E-state index in [1.807, 2.05) is 0 Å². The van der Waals surface area contributed by atoms with Crippen molar-refractivity contribution in [1.29, 1.82) is 0 Å². The Bertz CT molecular complexity index is 890. The van der Waals surface area contributed by atoms with Crippen LogP contribution in [0, 0.1) is 6.92 Å². The van der Waals surface area contributed by atoms with E-state index < -0.39 is 29.8 Å². The first-order valence-electron chi connectivity index (χ1n) is 7.61. The second-order valence-corrected chi connectivity index (χ2v) is 5.86. The van der Waals surface area contributed by atoms with Crippen molar-refractivity contribution < 1.29 is 19.4 Å². The van der Waals surface area contributed by atoms with E-state index >= 15 is 0 Å². The molecule has 0 amide bonds. The molecule has 126 valence electrons. The first-order valence-corrected chi connectivity index (χ1v) is 7.61. The molecule has 2 aromatic carbocycles. The van der Waals surface area contributed by atoms with Crippen LogP contribution in [0.3, 0.4) is 0 Å². The molecule has 0 spiro atoms. The van der Waals surface area contributed by atoms with Crippen molar-refractivity contribution >= 4 is 11.6 Å². The van der Waals surface area contributed by atoms with E-state index in [-0.39, 0.29) is 11.1 Å². The molecule has 0 aliphatic carbocycles. The quantitative estimate of drug-likeness (QED) is 0.400. The number of fused-ring (bicyclic) bond motifs is 1. The number of ketones is 2. The molecule has 7 heteroatoms. The third-order valence-corrected chi connectivity index (χ3v) is 4.20. The Morgan fingerprint density at radius 2 is 2.04 bits per heavy atom. The van der Waals surface area contributed by atoms with E-state index in [4.69, 9.17) is 10.3 Å². The summed E-state index contributed by atoms with van der Waals surface area (Å²) in [6.07, 6.45) is -1.85. The molecule has 0 aromatic heterocycles. The van der Waals surface area contributed by atoms with Crippen LogP contribution in [-0.4, -0.2) is 34.9 Å². The molecule has 0 unspecified atom stereocenters. The minimum absolute atomic E-state index is 0.179. The van der Waals surface area contributed by atoms with Gasteiger partial charge in [0.1, 0.15) is 18.5 Å². The highest BCUT2D eigenvalue weighted by Gasteiger charge is 2.52. The van der Waals surface area contributed by atoms with E-state index in [0.29, 0.717) is 5.75 Å². The molecule has 2 atom stereocenters. The van der Waals surface area contributed by atoms with Crippen LogP contribution in [0.25, 0.3) is 10.4 Å². The third kappa shape index (κ3) is 2.76. The van der Waals surface area contributed by atoms with Gasteiger partial charge in [0, 0.05) is 10.5 Å². The average molecular weight is 337 g/mol. The molecule has 1 N–H and O–H groups in total. The molecule has 0 saturated heterocycles. The lowest BCUT2D eigenvalue weighted by Crippen LogP contribution is -2.57. The first kappa shape index (κ1) is 16.7. The van der Waals surface area contributed by atoms with Gasteiger partial charge in [-0.3, -0.25) is 9.59 Å². The molecule has 7 nitrogen and oxygen atoms in total. The third-order valence-electron chi connectivity index (χ3n) is 4.20. The van der Waals surface area contributed by atoms with Gasteiger partial charge in [0.25, 0.3) is 0 Å². The number of benzene rings is 2. The highest BCUT2D eigenvalue weighted by atomic mass is 16.5. The second-order valence-electron chi connectivity index (χ2n) is 5.86. The molecule has 0 saturated carbocycles. The Balaban J connectivity index is 2.07. The van der Waals surface area contributed by atoms with Crippen molar-refractivity contribution in [2.24, 2.45) is 5.11 Å². The number of Topliss-reactive ketones (excluding diaryl/α,β-unsaturated/α-hetero) is 2. The largest absolute Gasteiger partial charge is 0.492 e. The second kappa shape index (κ2) is 6.39. The first-order chi connectivity index (χ1) is 12.0. The Kier molecular flexibility index (Phi) is 4.27. The minimum Gasteiger partial charge on any atom is -0.492 e. The summed E-state index contributed by atoms with van der Waals surface area (Å²) in [5, 5.41) is 14.1. The van der Waals surface area contributed by atoms with Crippen molar-refractivity contribution in [2.75, 3.05) is 6.61 Å². The van der Waals surface area contributed by atoms with E-state index in [0.717, 1.165) is 5.56 Å². The van der Waals surface area contributed by atoms with E-state index in [9.17, 15) is 14.7 Å². The SMILES string of the molecule is Cc1ccc2c(c1)C(=O)[C@](N=[N+]=[N-])([C@@H](O)C(=O)c1ccccc1)CO2. The van der Waals surface area contributed by atoms with Crippen molar-refractivity contribution in [3.05, 3.63) is 75.7 Å². The predicted octanol–water partition coefficient (Wildman–Crippen LogP) is 2.86. The van der Waals surface area contributed by atoms with Crippen LogP contribution >= 0.6 is 0 Å². The number of aliphatic hydroxyl groups is 1. The van der Waals surface area contributed by atoms with E-state index in [2.05, 4.69) is 10.0 Å². The lowest BCUT2D eigenvalue weighted by Gasteiger charge is -2.35. The molecule has 0 radical (unpaired) electrons. The van der Waals surface area contributed by atoms with Crippen molar-refractivity contribution in [3.63, 3.8) is 0 Å². The van der Waals surface area contributed by atoms with Gasteiger partial charge in [-0.05, 0) is 24.6 Å². The molecule has 0 bridgehead atoms. The number of rotatable bonds is 4. The fourth-order valence-corrected chi connectivity index (χ4v) is 2.82. The molecule has 2 aromatic rings. The van der Waals surface area contributed by atoms with Crippen molar-refractivity contribution in [2.45, 2.75) is 18.6 Å². The van der Waals surface area contributed by atoms with Gasteiger partial charge in [0.2, 0.25) is 0 Å². The van der Waals surface area contributed by atoms with E-state index in [1.165, 1.54) is 12.1 Å². The summed E-state index contributed by atoms with van der Waals surface area (Å²) in [4.78, 5) is 28.3. The number of hydrogen-bond donors (Lipinski definition) is 1. The maximum Gasteiger partial charge on any atom is 0.192 e. The maximum atomic E-state index is 13.0. The molecular weight excluding hydrogens is 322 g/mol. The van der Waals surface area contributed by atoms with Gasteiger partial charge < -0.3 is 9.84 Å². The molecule has 0 fully saturated rings. The summed E-state index contributed by atoms with van der Waals surface area (Å²) in [5.41, 5.74) is 8.09. The smallest absolute Gasteiger partial charge is 0.192 e. The van der Waals surface area contributed by atoms with Crippen molar-refractivity contribution in [1.82, 2.24) is 0 Å². The van der Waals surface area contributed by atoms with Crippen LogP contribution in [0.5, 0.6) is 5.75 Å². The number of carbonyl (C=O) groups is 2. The normalized spacial score (nSPS) is 20.0. The number of aryl methyl sites for hydroxylation is 1. The average Bonchev–Trinajstić information content (AvgIpc) is 2.64. The molecule has 3 rings (SSSR count). The van der Waals surface area contributed by atoms with Crippen molar-refractivity contribution in [3.8, 4) is 5.75 Å². The Labute approximate surface area is 143 Å². The standard InChI is InChI=1S/C18H15N3O4/c1-11-7-8-14-13(9-11)16(23)18(10-25-14,20-21-19)17(24)15(22)12-5-3-2-4-6-12/h2-9,17,24H,10H2,1H3/t17-,18-/m0/s1. The summed E-state index contributed by atoms with van der Waals surface area (Å²) < 4.78 is 5.53. The molecular formula is C18H15N3O4. The summed E-state index contributed by atoms with van der Waals surface area (Å²) >= 11 is 0. The number of carbonyl (C=O) groups excluding carboxylic acids is 2. The number of aliphatic hydroxyl groups excluding tert-OH is 1. The number of azide groups is 1. The van der Waals surface area contributed by atoms with Gasteiger partial charge in [-0.1, -0.05) is 47.1 Å². The highest BCUT2D eigenvalue weighted by Crippen LogP contribution is 2.35. The Morgan fingerprint density at radius 3 is 2.72 bits per heavy atom. The fourth-order valence-electron chi connectivity index (χ4n) is 2.82. The monoisotopic (exact) mass is 337 g/mol. The summed E-state index contributed by atoms with van der Waals surface area (Å²) in [6, 6.07) is 13.0. The fraction of sp³-hybridized carbons (Fsp3) is 0.222. The minimum atomic E-state index is -2.04. The molecule has 1 aliphatic heterocycles. The lowest BCUT2D eigenvalue weighted by atomic mass is 9.80. The van der Waals surface area contributed by atoms with Gasteiger partial charge in [-0.15, -0.1) is 0 Å². The topological polar surface area (TPSA) is 112 Å². The highest BCUT2D eigenvalue weighted by molar-refractivity contribution is 6.12. The van der Waals surface area contributed by atoms with Crippen LogP contribution in [0.2, 0.25) is 0 Å². The molecule has 1 heterocycles. The zero-order chi connectivity index (χ0) is 18.0. The number of nitrogens with zero attached hydrogens (tertiary/aromatic N) is 3. The lowest BCUT2D eigenvalue weighted by molar-refractivity contribution is 0.0311. The van der Waals surface area contributed by atoms with Gasteiger partial charge >= 0.3 is 0 Å². The zero-order valence-electron chi connectivity index (χ0n) is 13.4. The van der Waals surface area contributed by atoms with Gasteiger partial charge in [0.05, 0.1) is 5.56 Å². The van der Waals surface area contributed by atoms with Crippen LogP contribution in [-0.2, 0) is 0 Å². The van der Waals surface area contributed by atoms with Crippen LogP contribution in [0.1, 0.15) is 26.3 Å². The predicted molar refractivity (Wildman–Crippen MR) is 89.7 cm³/mol. The Hall–Kier alpha value is -3.15. The van der Waals surface area contributed by atoms with Crippen LogP contribution in [0.4, 0.5) is 0 Å². The van der Waals surface area contributed by atoms with Gasteiger partial charge in [-0.2, -0.15) is 0 Å². The van der Waals surface area contributed by atoms with Gasteiger partial charge in [-0.25, -0.2) is 0 Å². The Morgan fingerprint density at radius 1 is 1.32 bits per heavy atom. The molecule has 25 heavy (non-hydrogen) atoms. The van der Waals surface area contributed by atoms with Gasteiger partial charge in [0.15, 0.2) is 17.1 Å². The zero-order valence-corrected chi connectivity index (χ0v) is 13.4. The number of hydrogen-bond acceptors (Lipinski definition) is 5. The molecule has 1 aliphatic rings. The summed E-state index contributed by atoms with van der Waals surface area (Å²) in [5.74, 6) is -1.01. The van der Waals surface area contributed by atoms with Crippen LogP contribution < -0.4 is 4.74 Å². The maximum absolute atomic E-state index is 13.0.